The van der Waals surface area contributed by atoms with Gasteiger partial charge in [0, 0.05) is 6.08 Å². The van der Waals surface area contributed by atoms with Crippen molar-refractivity contribution in [3.63, 3.8) is 0 Å². The van der Waals surface area contributed by atoms with Crippen LogP contribution in [0.5, 0.6) is 0 Å². The third-order valence-electron chi connectivity index (χ3n) is 6.41. The maximum atomic E-state index is 10.9. The highest BCUT2D eigenvalue weighted by Gasteiger charge is 1.97. The number of hydrogen-bond donors (Lipinski definition) is 0. The third-order valence-corrected chi connectivity index (χ3v) is 6.41. The second-order valence-electron chi connectivity index (χ2n) is 9.50. The van der Waals surface area contributed by atoms with Crippen LogP contribution in [0.15, 0.2) is 12.7 Å². The summed E-state index contributed by atoms with van der Waals surface area (Å²) in [6, 6.07) is 0. The minimum Gasteiger partial charge on any atom is -0.463 e. The maximum absolute atomic E-state index is 10.9. The van der Waals surface area contributed by atoms with Gasteiger partial charge >= 0.3 is 5.97 Å². The van der Waals surface area contributed by atoms with E-state index in [4.69, 9.17) is 4.74 Å². The Bertz CT molecular complexity index is 364. The first-order chi connectivity index (χ1) is 15.3. The Morgan fingerprint density at radius 2 is 0.774 bits per heavy atom. The second-order valence-corrected chi connectivity index (χ2v) is 9.50. The molecule has 0 atom stereocenters. The molecule has 0 aromatic carbocycles. The van der Waals surface area contributed by atoms with E-state index in [9.17, 15) is 4.79 Å². The molecule has 0 fully saturated rings. The summed E-state index contributed by atoms with van der Waals surface area (Å²) in [5.41, 5.74) is 0. The Kier molecular flexibility index (Phi) is 26.5. The van der Waals surface area contributed by atoms with Crippen molar-refractivity contribution in [2.24, 2.45) is 0 Å². The van der Waals surface area contributed by atoms with Crippen LogP contribution in [0.25, 0.3) is 0 Å². The molecule has 0 aromatic rings. The summed E-state index contributed by atoms with van der Waals surface area (Å²) in [5, 5.41) is 0. The van der Waals surface area contributed by atoms with Crippen LogP contribution >= 0.6 is 0 Å². The maximum Gasteiger partial charge on any atom is 0.330 e. The first-order valence-electron chi connectivity index (χ1n) is 14.1. The van der Waals surface area contributed by atoms with E-state index in [1.54, 1.807) is 0 Å². The molecular formula is C29H56O2. The average Bonchev–Trinajstić information content (AvgIpc) is 2.78. The molecule has 0 N–H and O–H groups in total. The van der Waals surface area contributed by atoms with E-state index in [0.29, 0.717) is 6.61 Å². The van der Waals surface area contributed by atoms with E-state index in [1.807, 2.05) is 0 Å². The summed E-state index contributed by atoms with van der Waals surface area (Å²) < 4.78 is 4.98. The lowest BCUT2D eigenvalue weighted by atomic mass is 10.0. The van der Waals surface area contributed by atoms with Gasteiger partial charge in [0.1, 0.15) is 0 Å². The molecule has 184 valence electrons. The van der Waals surface area contributed by atoms with E-state index in [2.05, 4.69) is 13.5 Å². The zero-order valence-electron chi connectivity index (χ0n) is 21.3. The molecular weight excluding hydrogens is 380 g/mol. The molecule has 0 aromatic heterocycles. The molecule has 0 aliphatic carbocycles. The Morgan fingerprint density at radius 1 is 0.516 bits per heavy atom. The Labute approximate surface area is 196 Å². The highest BCUT2D eigenvalue weighted by Crippen LogP contribution is 2.15. The summed E-state index contributed by atoms with van der Waals surface area (Å²) >= 11 is 0. The molecule has 31 heavy (non-hydrogen) atoms. The van der Waals surface area contributed by atoms with Crippen LogP contribution in [0.1, 0.15) is 161 Å². The standard InChI is InChI=1S/C29H56O2/c1-3-5-6-7-8-9-10-11-12-13-14-15-16-17-18-19-20-21-22-23-24-25-26-27-28-31-29(30)4-2/h4H,2-3,5-28H2,1H3. The molecule has 0 spiro atoms. The smallest absolute Gasteiger partial charge is 0.330 e. The number of esters is 1. The highest BCUT2D eigenvalue weighted by atomic mass is 16.5. The number of carbonyl (C=O) groups is 1. The van der Waals surface area contributed by atoms with Crippen LogP contribution in [0.2, 0.25) is 0 Å². The van der Waals surface area contributed by atoms with Crippen molar-refractivity contribution in [2.75, 3.05) is 6.61 Å². The van der Waals surface area contributed by atoms with Crippen molar-refractivity contribution in [1.29, 1.82) is 0 Å². The van der Waals surface area contributed by atoms with Gasteiger partial charge < -0.3 is 4.74 Å². The summed E-state index contributed by atoms with van der Waals surface area (Å²) in [7, 11) is 0. The second kappa shape index (κ2) is 27.2. The molecule has 0 saturated heterocycles. The minimum atomic E-state index is -0.297. The molecule has 0 aliphatic heterocycles. The summed E-state index contributed by atoms with van der Waals surface area (Å²) in [6.07, 6.45) is 34.8. The quantitative estimate of drug-likeness (QED) is 0.0765. The Balaban J connectivity index is 3.02. The topological polar surface area (TPSA) is 26.3 Å². The van der Waals surface area contributed by atoms with Gasteiger partial charge in [0.25, 0.3) is 0 Å². The third kappa shape index (κ3) is 27.2. The van der Waals surface area contributed by atoms with E-state index < -0.39 is 0 Å². The van der Waals surface area contributed by atoms with Gasteiger partial charge in [-0.15, -0.1) is 0 Å². The molecule has 0 unspecified atom stereocenters. The van der Waals surface area contributed by atoms with Crippen molar-refractivity contribution in [3.05, 3.63) is 12.7 Å². The summed E-state index contributed by atoms with van der Waals surface area (Å²) in [6.45, 7) is 6.24. The lowest BCUT2D eigenvalue weighted by Crippen LogP contribution is -2.01. The van der Waals surface area contributed by atoms with Gasteiger partial charge in [0.2, 0.25) is 0 Å². The average molecular weight is 437 g/mol. The monoisotopic (exact) mass is 436 g/mol. The van der Waals surface area contributed by atoms with Gasteiger partial charge in [-0.1, -0.05) is 161 Å². The lowest BCUT2D eigenvalue weighted by Gasteiger charge is -2.04. The zero-order valence-corrected chi connectivity index (χ0v) is 21.3. The summed E-state index contributed by atoms with van der Waals surface area (Å²) in [5.74, 6) is -0.297. The van der Waals surface area contributed by atoms with Crippen LogP contribution in [0, 0.1) is 0 Å². The summed E-state index contributed by atoms with van der Waals surface area (Å²) in [4.78, 5) is 10.9. The lowest BCUT2D eigenvalue weighted by molar-refractivity contribution is -0.137. The van der Waals surface area contributed by atoms with E-state index in [1.165, 1.54) is 154 Å². The fourth-order valence-corrected chi connectivity index (χ4v) is 4.30. The molecule has 0 rings (SSSR count). The predicted octanol–water partition coefficient (Wildman–Crippen LogP) is 10.1. The van der Waals surface area contributed by atoms with Gasteiger partial charge in [0.05, 0.1) is 6.61 Å². The molecule has 0 radical (unpaired) electrons. The van der Waals surface area contributed by atoms with Crippen LogP contribution in [0.4, 0.5) is 0 Å². The first kappa shape index (κ1) is 30.2. The molecule has 0 saturated carbocycles. The van der Waals surface area contributed by atoms with Gasteiger partial charge in [-0.05, 0) is 6.42 Å². The van der Waals surface area contributed by atoms with Crippen LogP contribution in [-0.2, 0) is 9.53 Å². The molecule has 0 aliphatic rings. The van der Waals surface area contributed by atoms with Crippen LogP contribution < -0.4 is 0 Å². The van der Waals surface area contributed by atoms with Gasteiger partial charge in [0.15, 0.2) is 0 Å². The van der Waals surface area contributed by atoms with E-state index in [-0.39, 0.29) is 5.97 Å². The van der Waals surface area contributed by atoms with Crippen molar-refractivity contribution >= 4 is 5.97 Å². The number of rotatable bonds is 26. The predicted molar refractivity (Wildman–Crippen MR) is 138 cm³/mol. The highest BCUT2D eigenvalue weighted by molar-refractivity contribution is 5.81. The minimum absolute atomic E-state index is 0.297. The fourth-order valence-electron chi connectivity index (χ4n) is 4.30. The van der Waals surface area contributed by atoms with Crippen molar-refractivity contribution in [1.82, 2.24) is 0 Å². The van der Waals surface area contributed by atoms with E-state index >= 15 is 0 Å². The Morgan fingerprint density at radius 3 is 1.03 bits per heavy atom. The van der Waals surface area contributed by atoms with Crippen molar-refractivity contribution < 1.29 is 9.53 Å². The molecule has 0 amide bonds. The largest absolute Gasteiger partial charge is 0.463 e. The first-order valence-corrected chi connectivity index (χ1v) is 14.1. The van der Waals surface area contributed by atoms with E-state index in [0.717, 1.165) is 6.42 Å². The van der Waals surface area contributed by atoms with Crippen molar-refractivity contribution in [3.8, 4) is 0 Å². The molecule has 0 bridgehead atoms. The normalized spacial score (nSPS) is 11.0. The Hall–Kier alpha value is -0.790. The SMILES string of the molecule is C=CC(=O)OCCCCCCCCCCCCCCCCCCCCCCCCCC. The number of ether oxygens (including phenoxy) is 1. The number of unbranched alkanes of at least 4 members (excludes halogenated alkanes) is 23. The zero-order chi connectivity index (χ0) is 22.7. The van der Waals surface area contributed by atoms with Gasteiger partial charge in [-0.2, -0.15) is 0 Å². The van der Waals surface area contributed by atoms with Gasteiger partial charge in [-0.3, -0.25) is 0 Å². The fraction of sp³-hybridized carbons (Fsp3) is 0.897. The molecule has 2 nitrogen and oxygen atoms in total. The van der Waals surface area contributed by atoms with Crippen LogP contribution in [-0.4, -0.2) is 12.6 Å². The molecule has 2 heteroatoms. The van der Waals surface area contributed by atoms with Gasteiger partial charge in [-0.25, -0.2) is 4.79 Å². The van der Waals surface area contributed by atoms with Crippen molar-refractivity contribution in [2.45, 2.75) is 161 Å². The van der Waals surface area contributed by atoms with Crippen LogP contribution in [0.3, 0.4) is 0 Å². The number of hydrogen-bond acceptors (Lipinski definition) is 2. The number of carbonyl (C=O) groups excluding carboxylic acids is 1. The molecule has 0 heterocycles.